The average molecular weight is 317 g/mol. The Kier molecular flexibility index (Phi) is 3.08. The molecule has 0 saturated heterocycles. The number of aliphatic hydroxyl groups is 1. The predicted octanol–water partition coefficient (Wildman–Crippen LogP) is 2.37. The van der Waals surface area contributed by atoms with Gasteiger partial charge in [-0.1, -0.05) is 29.8 Å². The van der Waals surface area contributed by atoms with E-state index in [9.17, 15) is 14.7 Å². The number of alkyl halides is 1. The normalized spacial score (nSPS) is 41.1. The predicted molar refractivity (Wildman–Crippen MR) is 69.4 cm³/mol. The lowest BCUT2D eigenvalue weighted by atomic mass is 9.70. The van der Waals surface area contributed by atoms with E-state index in [1.54, 1.807) is 0 Å². The summed E-state index contributed by atoms with van der Waals surface area (Å²) in [5, 5.41) is 10.6. The highest BCUT2D eigenvalue weighted by Gasteiger charge is 2.67. The molecule has 1 N–H and O–H groups in total. The van der Waals surface area contributed by atoms with Crippen LogP contribution in [0.2, 0.25) is 0 Å². The zero-order valence-corrected chi connectivity index (χ0v) is 12.3. The first-order valence-corrected chi connectivity index (χ1v) is 7.08. The number of halogens is 1. The molecular weight excluding hydrogens is 300 g/mol. The number of methoxy groups -OCH3 is 1. The average Bonchev–Trinajstić information content (AvgIpc) is 2.71. The molecule has 2 bridgehead atoms. The van der Waals surface area contributed by atoms with Crippen molar-refractivity contribution in [1.29, 1.82) is 0 Å². The van der Waals surface area contributed by atoms with E-state index >= 15 is 0 Å². The van der Waals surface area contributed by atoms with E-state index in [2.05, 4.69) is 20.7 Å². The smallest absolute Gasteiger partial charge is 0.373 e. The molecule has 0 amide bonds. The van der Waals surface area contributed by atoms with E-state index < -0.39 is 17.1 Å². The summed E-state index contributed by atoms with van der Waals surface area (Å²) in [7, 11) is 1.20. The van der Waals surface area contributed by atoms with Crippen LogP contribution in [-0.2, 0) is 14.3 Å². The summed E-state index contributed by atoms with van der Waals surface area (Å²) in [6.07, 6.45) is 1.62. The van der Waals surface area contributed by atoms with Gasteiger partial charge >= 0.3 is 5.97 Å². The highest BCUT2D eigenvalue weighted by Crippen LogP contribution is 2.66. The lowest BCUT2D eigenvalue weighted by Gasteiger charge is -2.34. The Bertz CT molecular complexity index is 456. The zero-order chi connectivity index (χ0) is 13.7. The van der Waals surface area contributed by atoms with Crippen LogP contribution in [0.1, 0.15) is 26.7 Å². The molecule has 0 unspecified atom stereocenters. The maximum atomic E-state index is 12.5. The number of hydrogen-bond donors (Lipinski definition) is 1. The van der Waals surface area contributed by atoms with Crippen LogP contribution in [0.4, 0.5) is 0 Å². The number of esters is 1. The Morgan fingerprint density at radius 1 is 1.56 bits per heavy atom. The third-order valence-corrected chi connectivity index (χ3v) is 6.13. The number of fused-ring (bicyclic) bond motifs is 2. The molecule has 2 fully saturated rings. The van der Waals surface area contributed by atoms with Gasteiger partial charge in [-0.05, 0) is 24.2 Å². The first kappa shape index (κ1) is 13.6. The van der Waals surface area contributed by atoms with Crippen LogP contribution in [-0.4, -0.2) is 29.3 Å². The number of ether oxygens (including phenoxy) is 1. The van der Waals surface area contributed by atoms with Crippen LogP contribution in [0.3, 0.4) is 0 Å². The second kappa shape index (κ2) is 4.08. The van der Waals surface area contributed by atoms with Crippen LogP contribution < -0.4 is 0 Å². The van der Waals surface area contributed by atoms with Crippen LogP contribution >= 0.6 is 15.9 Å². The molecule has 0 heterocycles. The van der Waals surface area contributed by atoms with Gasteiger partial charge in [0.1, 0.15) is 0 Å². The van der Waals surface area contributed by atoms with Gasteiger partial charge in [-0.3, -0.25) is 4.79 Å². The van der Waals surface area contributed by atoms with Gasteiger partial charge in [-0.2, -0.15) is 0 Å². The van der Waals surface area contributed by atoms with Crippen LogP contribution in [0.15, 0.2) is 11.3 Å². The molecule has 0 aromatic heterocycles. The van der Waals surface area contributed by atoms with E-state index in [1.807, 2.05) is 13.8 Å². The van der Waals surface area contributed by atoms with Crippen molar-refractivity contribution in [2.75, 3.05) is 12.4 Å². The third-order valence-electron chi connectivity index (χ3n) is 4.97. The fourth-order valence-electron chi connectivity index (χ4n) is 3.43. The highest BCUT2D eigenvalue weighted by molar-refractivity contribution is 9.09. The lowest BCUT2D eigenvalue weighted by Crippen LogP contribution is -2.36. The molecule has 2 aliphatic rings. The fraction of sp³-hybridized carbons (Fsp3) is 0.692. The molecule has 2 rings (SSSR count). The quantitative estimate of drug-likeness (QED) is 0.368. The summed E-state index contributed by atoms with van der Waals surface area (Å²) < 4.78 is 4.50. The Labute approximate surface area is 115 Å². The molecule has 3 atom stereocenters. The van der Waals surface area contributed by atoms with E-state index in [1.165, 1.54) is 7.11 Å². The maximum absolute atomic E-state index is 12.5. The lowest BCUT2D eigenvalue weighted by molar-refractivity contribution is -0.139. The van der Waals surface area contributed by atoms with E-state index in [4.69, 9.17) is 0 Å². The Balaban J connectivity index is 2.57. The Hall–Kier alpha value is -0.840. The molecule has 100 valence electrons. The van der Waals surface area contributed by atoms with Crippen molar-refractivity contribution < 1.29 is 19.4 Å². The zero-order valence-electron chi connectivity index (χ0n) is 10.7. The molecular formula is C13H17BrO4. The van der Waals surface area contributed by atoms with Gasteiger partial charge in [0.2, 0.25) is 5.76 Å². The van der Waals surface area contributed by atoms with Gasteiger partial charge in [-0.15, -0.1) is 0 Å². The number of rotatable bonds is 2. The molecule has 0 spiro atoms. The minimum Gasteiger partial charge on any atom is -0.502 e. The topological polar surface area (TPSA) is 63.6 Å². The van der Waals surface area contributed by atoms with Crippen LogP contribution in [0.5, 0.6) is 0 Å². The van der Waals surface area contributed by atoms with Gasteiger partial charge in [-0.25, -0.2) is 4.79 Å². The van der Waals surface area contributed by atoms with Crippen LogP contribution in [0.25, 0.3) is 0 Å². The molecule has 2 saturated carbocycles. The minimum absolute atomic E-state index is 0.0755. The maximum Gasteiger partial charge on any atom is 0.373 e. The Morgan fingerprint density at radius 2 is 2.17 bits per heavy atom. The van der Waals surface area contributed by atoms with Crippen molar-refractivity contribution in [2.24, 2.45) is 16.7 Å². The van der Waals surface area contributed by atoms with Gasteiger partial charge < -0.3 is 9.84 Å². The van der Waals surface area contributed by atoms with E-state index in [0.29, 0.717) is 5.33 Å². The molecule has 2 aliphatic carbocycles. The number of carbonyl (C=O) groups excluding carboxylic acids is 2. The van der Waals surface area contributed by atoms with Gasteiger partial charge in [0, 0.05) is 16.3 Å². The molecule has 0 aromatic carbocycles. The largest absolute Gasteiger partial charge is 0.502 e. The van der Waals surface area contributed by atoms with Gasteiger partial charge in [0.05, 0.1) is 7.11 Å². The van der Waals surface area contributed by atoms with E-state index in [0.717, 1.165) is 12.8 Å². The van der Waals surface area contributed by atoms with Crippen molar-refractivity contribution in [2.45, 2.75) is 26.7 Å². The monoisotopic (exact) mass is 316 g/mol. The number of allylic oxidation sites excluding steroid dienone is 1. The first-order valence-electron chi connectivity index (χ1n) is 5.95. The summed E-state index contributed by atoms with van der Waals surface area (Å²) in [6.45, 7) is 3.96. The number of ketones is 1. The molecule has 0 aliphatic heterocycles. The van der Waals surface area contributed by atoms with Crippen molar-refractivity contribution in [1.82, 2.24) is 0 Å². The van der Waals surface area contributed by atoms with Gasteiger partial charge in [0.15, 0.2) is 5.78 Å². The molecule has 0 radical (unpaired) electrons. The molecule has 18 heavy (non-hydrogen) atoms. The summed E-state index contributed by atoms with van der Waals surface area (Å²) in [4.78, 5) is 23.9. The summed E-state index contributed by atoms with van der Waals surface area (Å²) in [6, 6.07) is 0. The third kappa shape index (κ3) is 1.37. The number of carbonyl (C=O) groups is 2. The second-order valence-electron chi connectivity index (χ2n) is 5.56. The number of hydrogen-bond acceptors (Lipinski definition) is 4. The molecule has 0 aromatic rings. The van der Waals surface area contributed by atoms with Crippen molar-refractivity contribution in [3.8, 4) is 0 Å². The Morgan fingerprint density at radius 3 is 2.61 bits per heavy atom. The number of Topliss-reactive ketones (excluding diaryl/α,β-unsaturated/α-hetero) is 1. The first-order chi connectivity index (χ1) is 8.33. The second-order valence-corrected chi connectivity index (χ2v) is 6.12. The summed E-state index contributed by atoms with van der Waals surface area (Å²) >= 11 is 3.47. The van der Waals surface area contributed by atoms with Gasteiger partial charge in [0.25, 0.3) is 0 Å². The SMILES string of the molecule is COC(=O)/C(O)=C1/C(=O)[C@@]2(C)CC[C@H]1[C@]2(C)CBr. The number of aliphatic hydroxyl groups excluding tert-OH is 1. The molecule has 5 heteroatoms. The van der Waals surface area contributed by atoms with Crippen molar-refractivity contribution in [3.05, 3.63) is 11.3 Å². The minimum atomic E-state index is -0.827. The molecule has 4 nitrogen and oxygen atoms in total. The standard InChI is InChI=1S/C13H17BrO4/c1-12-5-4-7(13(12,2)6-14)8(10(12)16)9(15)11(17)18-3/h7,15H,4-6H2,1-3H3/b9-8-/t7-,12-,13+/m1/s1. The van der Waals surface area contributed by atoms with Crippen molar-refractivity contribution >= 4 is 27.7 Å². The van der Waals surface area contributed by atoms with Crippen LogP contribution in [0, 0.1) is 16.7 Å². The van der Waals surface area contributed by atoms with Crippen molar-refractivity contribution in [3.63, 3.8) is 0 Å². The summed E-state index contributed by atoms with van der Waals surface area (Å²) in [5.41, 5.74) is -0.488. The van der Waals surface area contributed by atoms with E-state index in [-0.39, 0.29) is 22.7 Å². The summed E-state index contributed by atoms with van der Waals surface area (Å²) in [5.74, 6) is -1.52. The highest BCUT2D eigenvalue weighted by atomic mass is 79.9. The fourth-order valence-corrected chi connectivity index (χ4v) is 4.44.